The van der Waals surface area contributed by atoms with Crippen molar-refractivity contribution in [2.45, 2.75) is 32.7 Å². The maximum Gasteiger partial charge on any atom is 0.242 e. The number of benzene rings is 1. The molecule has 0 saturated heterocycles. The summed E-state index contributed by atoms with van der Waals surface area (Å²) in [5.41, 5.74) is 1.03. The smallest absolute Gasteiger partial charge is 0.242 e. The molecule has 2 aromatic rings. The van der Waals surface area contributed by atoms with Gasteiger partial charge in [-0.05, 0) is 41.5 Å². The van der Waals surface area contributed by atoms with E-state index in [-0.39, 0.29) is 17.7 Å². The first-order valence-corrected chi connectivity index (χ1v) is 10.1. The molecule has 0 aliphatic rings. The van der Waals surface area contributed by atoms with E-state index in [1.165, 1.54) is 11.3 Å². The van der Waals surface area contributed by atoms with Gasteiger partial charge in [0, 0.05) is 11.4 Å². The van der Waals surface area contributed by atoms with Crippen molar-refractivity contribution >= 4 is 23.2 Å². The van der Waals surface area contributed by atoms with Crippen molar-refractivity contribution in [2.75, 3.05) is 20.8 Å². The first-order chi connectivity index (χ1) is 13.4. The number of ether oxygens (including phenoxy) is 2. The highest BCUT2D eigenvalue weighted by molar-refractivity contribution is 7.10. The molecule has 0 aliphatic carbocycles. The molecule has 0 radical (unpaired) electrons. The molecule has 0 spiro atoms. The molecule has 152 valence electrons. The van der Waals surface area contributed by atoms with Crippen LogP contribution in [0.25, 0.3) is 0 Å². The zero-order valence-corrected chi connectivity index (χ0v) is 17.6. The van der Waals surface area contributed by atoms with Crippen LogP contribution < -0.4 is 20.1 Å². The average molecular weight is 405 g/mol. The predicted octanol–water partition coefficient (Wildman–Crippen LogP) is 2.81. The van der Waals surface area contributed by atoms with Crippen LogP contribution in [-0.4, -0.2) is 38.6 Å². The van der Waals surface area contributed by atoms with Crippen LogP contribution in [0.5, 0.6) is 11.5 Å². The van der Waals surface area contributed by atoms with Crippen LogP contribution in [0.2, 0.25) is 0 Å². The lowest BCUT2D eigenvalue weighted by atomic mass is 10.0. The number of nitrogens with one attached hydrogen (secondary N) is 2. The van der Waals surface area contributed by atoms with Gasteiger partial charge < -0.3 is 20.1 Å². The van der Waals surface area contributed by atoms with Crippen molar-refractivity contribution in [2.24, 2.45) is 5.92 Å². The molecule has 0 bridgehead atoms. The standard InChI is InChI=1S/C21H28N2O4S/c1-14(2)20(23-19(24)13-16-6-5-11-28-16)21(25)22-10-9-15-7-8-17(26-3)18(12-15)27-4/h5-8,11-12,14,20H,9-10,13H2,1-4H3,(H,22,25)(H,23,24). The second-order valence-corrected chi connectivity index (χ2v) is 7.81. The van der Waals surface area contributed by atoms with Gasteiger partial charge in [0.15, 0.2) is 11.5 Å². The normalized spacial score (nSPS) is 11.8. The third-order valence-corrected chi connectivity index (χ3v) is 5.22. The summed E-state index contributed by atoms with van der Waals surface area (Å²) in [5.74, 6) is 1.01. The van der Waals surface area contributed by atoms with Gasteiger partial charge in [-0.1, -0.05) is 26.0 Å². The first-order valence-electron chi connectivity index (χ1n) is 9.25. The van der Waals surface area contributed by atoms with Crippen molar-refractivity contribution in [1.29, 1.82) is 0 Å². The summed E-state index contributed by atoms with van der Waals surface area (Å²) in [6.45, 7) is 4.31. The highest BCUT2D eigenvalue weighted by atomic mass is 32.1. The number of hydrogen-bond donors (Lipinski definition) is 2. The van der Waals surface area contributed by atoms with E-state index < -0.39 is 6.04 Å². The Labute approximate surface area is 170 Å². The number of rotatable bonds is 10. The average Bonchev–Trinajstić information content (AvgIpc) is 3.18. The van der Waals surface area contributed by atoms with Crippen LogP contribution in [0.1, 0.15) is 24.3 Å². The molecule has 1 aromatic carbocycles. The minimum atomic E-state index is -0.558. The van der Waals surface area contributed by atoms with Crippen LogP contribution in [0.15, 0.2) is 35.7 Å². The number of hydrogen-bond acceptors (Lipinski definition) is 5. The molecule has 28 heavy (non-hydrogen) atoms. The zero-order chi connectivity index (χ0) is 20.5. The second kappa shape index (κ2) is 10.7. The lowest BCUT2D eigenvalue weighted by Crippen LogP contribution is -2.50. The molecular formula is C21H28N2O4S. The summed E-state index contributed by atoms with van der Waals surface area (Å²) in [7, 11) is 3.19. The number of amides is 2. The number of thiophene rings is 1. The second-order valence-electron chi connectivity index (χ2n) is 6.78. The Hall–Kier alpha value is -2.54. The van der Waals surface area contributed by atoms with Gasteiger partial charge in [-0.2, -0.15) is 0 Å². The molecule has 1 aromatic heterocycles. The van der Waals surface area contributed by atoms with Gasteiger partial charge in [-0.3, -0.25) is 9.59 Å². The van der Waals surface area contributed by atoms with Crippen molar-refractivity contribution in [3.05, 3.63) is 46.2 Å². The van der Waals surface area contributed by atoms with E-state index in [1.807, 2.05) is 49.6 Å². The summed E-state index contributed by atoms with van der Waals surface area (Å²) in [5, 5.41) is 7.71. The third kappa shape index (κ3) is 6.27. The van der Waals surface area contributed by atoms with Crippen LogP contribution in [0.3, 0.4) is 0 Å². The van der Waals surface area contributed by atoms with Gasteiger partial charge in [0.05, 0.1) is 20.6 Å². The van der Waals surface area contributed by atoms with Crippen LogP contribution in [-0.2, 0) is 22.4 Å². The molecule has 0 aliphatic heterocycles. The Morgan fingerprint density at radius 3 is 2.46 bits per heavy atom. The maximum atomic E-state index is 12.6. The SMILES string of the molecule is COc1ccc(CCNC(=O)C(NC(=O)Cc2cccs2)C(C)C)cc1OC. The van der Waals surface area contributed by atoms with Crippen molar-refractivity contribution in [3.63, 3.8) is 0 Å². The van der Waals surface area contributed by atoms with E-state index in [0.29, 0.717) is 30.9 Å². The van der Waals surface area contributed by atoms with Gasteiger partial charge in [-0.15, -0.1) is 11.3 Å². The maximum absolute atomic E-state index is 12.6. The fraction of sp³-hybridized carbons (Fsp3) is 0.429. The lowest BCUT2D eigenvalue weighted by Gasteiger charge is -2.21. The summed E-state index contributed by atoms with van der Waals surface area (Å²) in [6, 6.07) is 8.95. The minimum absolute atomic E-state index is 0.00614. The molecule has 7 heteroatoms. The van der Waals surface area contributed by atoms with Crippen LogP contribution in [0, 0.1) is 5.92 Å². The van der Waals surface area contributed by atoms with E-state index in [4.69, 9.17) is 9.47 Å². The Balaban J connectivity index is 1.87. The van der Waals surface area contributed by atoms with E-state index in [1.54, 1.807) is 14.2 Å². The molecular weight excluding hydrogens is 376 g/mol. The van der Waals surface area contributed by atoms with Gasteiger partial charge >= 0.3 is 0 Å². The number of carbonyl (C=O) groups is 2. The van der Waals surface area contributed by atoms with Gasteiger partial charge in [0.2, 0.25) is 11.8 Å². The fourth-order valence-corrected chi connectivity index (χ4v) is 3.51. The Kier molecular flexibility index (Phi) is 8.32. The molecule has 1 unspecified atom stereocenters. The van der Waals surface area contributed by atoms with Gasteiger partial charge in [0.25, 0.3) is 0 Å². The van der Waals surface area contributed by atoms with Crippen LogP contribution in [0.4, 0.5) is 0 Å². The first kappa shape index (κ1) is 21.8. The van der Waals surface area contributed by atoms with Crippen LogP contribution >= 0.6 is 11.3 Å². The third-order valence-electron chi connectivity index (χ3n) is 4.34. The zero-order valence-electron chi connectivity index (χ0n) is 16.8. The molecule has 6 nitrogen and oxygen atoms in total. The van der Waals surface area contributed by atoms with Crippen molar-refractivity contribution in [1.82, 2.24) is 10.6 Å². The topological polar surface area (TPSA) is 76.7 Å². The summed E-state index contributed by atoms with van der Waals surface area (Å²) < 4.78 is 10.5. The highest BCUT2D eigenvalue weighted by Gasteiger charge is 2.24. The number of carbonyl (C=O) groups excluding carboxylic acids is 2. The van der Waals surface area contributed by atoms with E-state index >= 15 is 0 Å². The Morgan fingerprint density at radius 1 is 1.11 bits per heavy atom. The number of methoxy groups -OCH3 is 2. The molecule has 0 saturated carbocycles. The molecule has 2 rings (SSSR count). The minimum Gasteiger partial charge on any atom is -0.493 e. The van der Waals surface area contributed by atoms with Gasteiger partial charge in [0.1, 0.15) is 6.04 Å². The monoisotopic (exact) mass is 404 g/mol. The summed E-state index contributed by atoms with van der Waals surface area (Å²) >= 11 is 1.53. The highest BCUT2D eigenvalue weighted by Crippen LogP contribution is 2.27. The predicted molar refractivity (Wildman–Crippen MR) is 111 cm³/mol. The van der Waals surface area contributed by atoms with Crippen molar-refractivity contribution < 1.29 is 19.1 Å². The quantitative estimate of drug-likeness (QED) is 0.638. The molecule has 1 heterocycles. The summed E-state index contributed by atoms with van der Waals surface area (Å²) in [6.07, 6.45) is 0.944. The molecule has 2 amide bonds. The molecule has 0 fully saturated rings. The largest absolute Gasteiger partial charge is 0.493 e. The Morgan fingerprint density at radius 2 is 1.86 bits per heavy atom. The van der Waals surface area contributed by atoms with Crippen molar-refractivity contribution in [3.8, 4) is 11.5 Å². The molecule has 1 atom stereocenters. The van der Waals surface area contributed by atoms with E-state index in [9.17, 15) is 9.59 Å². The van der Waals surface area contributed by atoms with E-state index in [2.05, 4.69) is 10.6 Å². The molecule has 2 N–H and O–H groups in total. The summed E-state index contributed by atoms with van der Waals surface area (Å²) in [4.78, 5) is 25.8. The Bertz CT molecular complexity index is 775. The lowest BCUT2D eigenvalue weighted by molar-refractivity contribution is -0.129. The van der Waals surface area contributed by atoms with Gasteiger partial charge in [-0.25, -0.2) is 0 Å². The van der Waals surface area contributed by atoms with E-state index in [0.717, 1.165) is 10.4 Å². The fourth-order valence-electron chi connectivity index (χ4n) is 2.81.